The number of carbonyl (C=O) groups is 1. The molecule has 6 heteroatoms. The number of carbonyl (C=O) groups excluding carboxylic acids is 1. The molecule has 1 spiro atoms. The lowest BCUT2D eigenvalue weighted by Gasteiger charge is -2.34. The van der Waals surface area contributed by atoms with Crippen molar-refractivity contribution in [3.63, 3.8) is 0 Å². The monoisotopic (exact) mass is 352 g/mol. The van der Waals surface area contributed by atoms with Gasteiger partial charge in [0, 0.05) is 25.9 Å². The van der Waals surface area contributed by atoms with E-state index in [0.29, 0.717) is 25.5 Å². The van der Waals surface area contributed by atoms with Gasteiger partial charge in [0.2, 0.25) is 5.91 Å². The molecule has 3 heterocycles. The second-order valence-electron chi connectivity index (χ2n) is 7.38. The van der Waals surface area contributed by atoms with Gasteiger partial charge >= 0.3 is 0 Å². The maximum atomic E-state index is 13.7. The van der Waals surface area contributed by atoms with E-state index in [1.165, 1.54) is 6.07 Å². The fourth-order valence-corrected chi connectivity index (χ4v) is 4.72. The molecular weight excluding hydrogens is 331 g/mol. The number of ether oxygens (including phenoxy) is 1. The molecule has 24 heavy (non-hydrogen) atoms. The molecule has 0 aromatic heterocycles. The van der Waals surface area contributed by atoms with E-state index in [1.54, 1.807) is 6.07 Å². The molecule has 4 nitrogen and oxygen atoms in total. The highest BCUT2D eigenvalue weighted by Gasteiger charge is 2.64. The Morgan fingerprint density at radius 2 is 2.25 bits per heavy atom. The molecule has 3 atom stereocenters. The third-order valence-electron chi connectivity index (χ3n) is 5.77. The summed E-state index contributed by atoms with van der Waals surface area (Å²) in [4.78, 5) is 16.9. The van der Waals surface area contributed by atoms with Crippen molar-refractivity contribution in [2.75, 3.05) is 13.2 Å². The molecule has 0 unspecified atom stereocenters. The maximum Gasteiger partial charge on any atom is 0.226 e. The molecule has 0 saturated carbocycles. The van der Waals surface area contributed by atoms with Crippen LogP contribution >= 0.6 is 11.6 Å². The zero-order valence-electron chi connectivity index (χ0n) is 14.0. The van der Waals surface area contributed by atoms with Crippen molar-refractivity contribution in [2.45, 2.75) is 51.0 Å². The van der Waals surface area contributed by atoms with Gasteiger partial charge in [-0.1, -0.05) is 37.6 Å². The average Bonchev–Trinajstić information content (AvgIpc) is 3.15. The van der Waals surface area contributed by atoms with E-state index in [9.17, 15) is 9.18 Å². The number of halogens is 2. The fourth-order valence-electron chi connectivity index (χ4n) is 4.53. The minimum absolute atomic E-state index is 0.0214. The van der Waals surface area contributed by atoms with Gasteiger partial charge in [-0.2, -0.15) is 0 Å². The molecular formula is C18H22ClFN2O2. The van der Waals surface area contributed by atoms with Gasteiger partial charge in [-0.05, 0) is 17.5 Å². The zero-order chi connectivity index (χ0) is 17.1. The standard InChI is InChI=1S/C18H22ClFN2O2/c1-11(2)14-10-24-18-6-7-21(15(18)8-16(23)22(14)18)9-12-4-3-5-13(20)17(12)19/h3-5,11,14-15H,6-10H2,1-2H3/t14-,15+,18-/m0/s1. The number of amides is 1. The quantitative estimate of drug-likeness (QED) is 0.838. The summed E-state index contributed by atoms with van der Waals surface area (Å²) in [6.07, 6.45) is 1.27. The second kappa shape index (κ2) is 5.68. The lowest BCUT2D eigenvalue weighted by Crippen LogP contribution is -2.50. The lowest BCUT2D eigenvalue weighted by molar-refractivity contribution is -0.139. The first-order chi connectivity index (χ1) is 11.4. The van der Waals surface area contributed by atoms with Gasteiger partial charge in [-0.25, -0.2) is 4.39 Å². The summed E-state index contributed by atoms with van der Waals surface area (Å²) >= 11 is 6.11. The Morgan fingerprint density at radius 1 is 1.46 bits per heavy atom. The Morgan fingerprint density at radius 3 is 3.00 bits per heavy atom. The number of likely N-dealkylation sites (tertiary alicyclic amines) is 1. The Bertz CT molecular complexity index is 683. The van der Waals surface area contributed by atoms with Crippen molar-refractivity contribution in [2.24, 2.45) is 5.92 Å². The Balaban J connectivity index is 1.60. The summed E-state index contributed by atoms with van der Waals surface area (Å²) < 4.78 is 19.9. The van der Waals surface area contributed by atoms with Gasteiger partial charge < -0.3 is 9.64 Å². The van der Waals surface area contributed by atoms with E-state index in [0.717, 1.165) is 18.5 Å². The van der Waals surface area contributed by atoms with E-state index in [2.05, 4.69) is 18.7 Å². The van der Waals surface area contributed by atoms with Crippen LogP contribution in [0, 0.1) is 11.7 Å². The van der Waals surface area contributed by atoms with Crippen LogP contribution in [0.25, 0.3) is 0 Å². The van der Waals surface area contributed by atoms with Crippen LogP contribution in [0.15, 0.2) is 18.2 Å². The molecule has 3 aliphatic rings. The van der Waals surface area contributed by atoms with Crippen molar-refractivity contribution in [1.29, 1.82) is 0 Å². The van der Waals surface area contributed by atoms with E-state index in [1.807, 2.05) is 11.0 Å². The predicted molar refractivity (Wildman–Crippen MR) is 89.0 cm³/mol. The minimum Gasteiger partial charge on any atom is -0.352 e. The summed E-state index contributed by atoms with van der Waals surface area (Å²) in [6, 6.07) is 5.06. The molecule has 0 radical (unpaired) electrons. The molecule has 0 N–H and O–H groups in total. The van der Waals surface area contributed by atoms with Crippen LogP contribution in [0.2, 0.25) is 5.02 Å². The van der Waals surface area contributed by atoms with Crippen LogP contribution in [0.1, 0.15) is 32.3 Å². The lowest BCUT2D eigenvalue weighted by atomic mass is 10.0. The van der Waals surface area contributed by atoms with Crippen LogP contribution in [-0.4, -0.2) is 46.7 Å². The second-order valence-corrected chi connectivity index (χ2v) is 7.76. The first kappa shape index (κ1) is 16.3. The summed E-state index contributed by atoms with van der Waals surface area (Å²) in [5.41, 5.74) is 0.268. The number of benzene rings is 1. The van der Waals surface area contributed by atoms with Gasteiger partial charge in [0.15, 0.2) is 5.72 Å². The molecule has 3 aliphatic heterocycles. The third kappa shape index (κ3) is 2.21. The van der Waals surface area contributed by atoms with E-state index in [4.69, 9.17) is 16.3 Å². The fraction of sp³-hybridized carbons (Fsp3) is 0.611. The molecule has 1 amide bonds. The Hall–Kier alpha value is -1.17. The molecule has 4 rings (SSSR count). The Labute approximate surface area is 146 Å². The molecule has 3 saturated heterocycles. The molecule has 1 aromatic carbocycles. The van der Waals surface area contributed by atoms with Gasteiger partial charge in [0.1, 0.15) is 5.82 Å². The predicted octanol–water partition coefficient (Wildman–Crippen LogP) is 3.04. The first-order valence-electron chi connectivity index (χ1n) is 8.57. The summed E-state index contributed by atoms with van der Waals surface area (Å²) in [5, 5.41) is 0.173. The van der Waals surface area contributed by atoms with Crippen molar-refractivity contribution < 1.29 is 13.9 Å². The first-order valence-corrected chi connectivity index (χ1v) is 8.95. The van der Waals surface area contributed by atoms with Crippen molar-refractivity contribution in [3.8, 4) is 0 Å². The average molecular weight is 353 g/mol. The summed E-state index contributed by atoms with van der Waals surface area (Å²) in [5.74, 6) is 0.147. The van der Waals surface area contributed by atoms with Crippen LogP contribution in [-0.2, 0) is 16.1 Å². The molecule has 130 valence electrons. The molecule has 0 aliphatic carbocycles. The topological polar surface area (TPSA) is 32.8 Å². The van der Waals surface area contributed by atoms with Gasteiger partial charge in [0.05, 0.1) is 23.7 Å². The molecule has 0 bridgehead atoms. The number of hydrogen-bond donors (Lipinski definition) is 0. The smallest absolute Gasteiger partial charge is 0.226 e. The minimum atomic E-state index is -0.494. The third-order valence-corrected chi connectivity index (χ3v) is 6.20. The largest absolute Gasteiger partial charge is 0.352 e. The Kier molecular flexibility index (Phi) is 3.86. The summed E-state index contributed by atoms with van der Waals surface area (Å²) in [7, 11) is 0. The van der Waals surface area contributed by atoms with Gasteiger partial charge in [0.25, 0.3) is 0 Å². The van der Waals surface area contributed by atoms with Crippen LogP contribution in [0.5, 0.6) is 0 Å². The highest BCUT2D eigenvalue weighted by atomic mass is 35.5. The van der Waals surface area contributed by atoms with Crippen LogP contribution in [0.4, 0.5) is 4.39 Å². The normalized spacial score (nSPS) is 32.7. The van der Waals surface area contributed by atoms with Crippen molar-refractivity contribution >= 4 is 17.5 Å². The number of rotatable bonds is 3. The SMILES string of the molecule is CC(C)[C@@H]1CO[C@@]23CCN(Cc4cccc(F)c4Cl)[C@@H]2CC(=O)N13. The van der Waals surface area contributed by atoms with E-state index >= 15 is 0 Å². The van der Waals surface area contributed by atoms with Crippen molar-refractivity contribution in [1.82, 2.24) is 9.80 Å². The van der Waals surface area contributed by atoms with E-state index in [-0.39, 0.29) is 23.0 Å². The highest BCUT2D eigenvalue weighted by molar-refractivity contribution is 6.31. The summed E-state index contributed by atoms with van der Waals surface area (Å²) in [6.45, 7) is 6.24. The van der Waals surface area contributed by atoms with E-state index < -0.39 is 11.5 Å². The van der Waals surface area contributed by atoms with Gasteiger partial charge in [-0.3, -0.25) is 9.69 Å². The van der Waals surface area contributed by atoms with Crippen LogP contribution < -0.4 is 0 Å². The molecule has 1 aromatic rings. The van der Waals surface area contributed by atoms with Crippen molar-refractivity contribution in [3.05, 3.63) is 34.6 Å². The number of nitrogens with zero attached hydrogens (tertiary/aromatic N) is 2. The maximum absolute atomic E-state index is 13.7. The zero-order valence-corrected chi connectivity index (χ0v) is 14.7. The number of hydrogen-bond acceptors (Lipinski definition) is 3. The highest BCUT2D eigenvalue weighted by Crippen LogP contribution is 2.49. The molecule has 3 fully saturated rings. The van der Waals surface area contributed by atoms with Gasteiger partial charge in [-0.15, -0.1) is 0 Å². The van der Waals surface area contributed by atoms with Crippen LogP contribution in [0.3, 0.4) is 0 Å².